The third-order valence-electron chi connectivity index (χ3n) is 4.29. The molecule has 3 rings (SSSR count). The first-order valence-electron chi connectivity index (χ1n) is 8.39. The highest BCUT2D eigenvalue weighted by Gasteiger charge is 2.31. The second-order valence-corrected chi connectivity index (χ2v) is 6.17. The number of carbonyl (C=O) groups is 1. The highest BCUT2D eigenvalue weighted by molar-refractivity contribution is 5.76. The maximum Gasteiger partial charge on any atom is 0.249 e. The van der Waals surface area contributed by atoms with E-state index in [-0.39, 0.29) is 11.9 Å². The van der Waals surface area contributed by atoms with Gasteiger partial charge in [0.15, 0.2) is 0 Å². The van der Waals surface area contributed by atoms with E-state index < -0.39 is 0 Å². The molecular formula is C18H23N3O2. The monoisotopic (exact) mass is 313 g/mol. The van der Waals surface area contributed by atoms with E-state index in [1.165, 1.54) is 0 Å². The minimum atomic E-state index is -0.0751. The predicted molar refractivity (Wildman–Crippen MR) is 87.7 cm³/mol. The van der Waals surface area contributed by atoms with Gasteiger partial charge in [0, 0.05) is 18.5 Å². The zero-order chi connectivity index (χ0) is 16.2. The van der Waals surface area contributed by atoms with E-state index in [9.17, 15) is 4.79 Å². The molecule has 0 spiro atoms. The number of nitrogens with zero attached hydrogens (tertiary/aromatic N) is 3. The second kappa shape index (κ2) is 6.94. The summed E-state index contributed by atoms with van der Waals surface area (Å²) in [6, 6.07) is 7.96. The molecule has 1 saturated heterocycles. The molecule has 1 aliphatic heterocycles. The Morgan fingerprint density at radius 1 is 1.39 bits per heavy atom. The quantitative estimate of drug-likeness (QED) is 0.859. The molecule has 1 amide bonds. The van der Waals surface area contributed by atoms with Crippen molar-refractivity contribution < 1.29 is 9.32 Å². The SMILES string of the molecule is CCCC(=O)N1CCCCC1c1nc(-c2cccc(C)c2)no1. The first-order chi connectivity index (χ1) is 11.2. The average Bonchev–Trinajstić information content (AvgIpc) is 3.05. The molecule has 122 valence electrons. The minimum Gasteiger partial charge on any atom is -0.337 e. The highest BCUT2D eigenvalue weighted by Crippen LogP contribution is 2.31. The summed E-state index contributed by atoms with van der Waals surface area (Å²) < 4.78 is 5.50. The maximum absolute atomic E-state index is 12.3. The van der Waals surface area contributed by atoms with Crippen LogP contribution in [0.25, 0.3) is 11.4 Å². The lowest BCUT2D eigenvalue weighted by Crippen LogP contribution is -2.38. The topological polar surface area (TPSA) is 59.2 Å². The number of aromatic nitrogens is 2. The standard InChI is InChI=1S/C18H23N3O2/c1-3-7-16(22)21-11-5-4-10-15(21)18-19-17(20-23-18)14-9-6-8-13(2)12-14/h6,8-9,12,15H,3-5,7,10-11H2,1-2H3. The second-order valence-electron chi connectivity index (χ2n) is 6.17. The lowest BCUT2D eigenvalue weighted by molar-refractivity contribution is -0.135. The maximum atomic E-state index is 12.3. The van der Waals surface area contributed by atoms with Crippen LogP contribution < -0.4 is 0 Å². The van der Waals surface area contributed by atoms with Gasteiger partial charge >= 0.3 is 0 Å². The number of benzene rings is 1. The van der Waals surface area contributed by atoms with Crippen molar-refractivity contribution in [2.45, 2.75) is 52.0 Å². The van der Waals surface area contributed by atoms with Gasteiger partial charge in [-0.15, -0.1) is 0 Å². The molecule has 5 heteroatoms. The summed E-state index contributed by atoms with van der Waals surface area (Å²) in [5, 5.41) is 4.12. The van der Waals surface area contributed by atoms with Crippen molar-refractivity contribution in [2.75, 3.05) is 6.54 Å². The summed E-state index contributed by atoms with van der Waals surface area (Å²) >= 11 is 0. The summed E-state index contributed by atoms with van der Waals surface area (Å²) in [4.78, 5) is 18.8. The molecule has 2 heterocycles. The van der Waals surface area contributed by atoms with Crippen molar-refractivity contribution in [1.29, 1.82) is 0 Å². The van der Waals surface area contributed by atoms with Gasteiger partial charge in [-0.05, 0) is 38.7 Å². The average molecular weight is 313 g/mol. The van der Waals surface area contributed by atoms with Gasteiger partial charge < -0.3 is 9.42 Å². The number of amides is 1. The molecule has 0 radical (unpaired) electrons. The Morgan fingerprint density at radius 3 is 3.04 bits per heavy atom. The fourth-order valence-corrected chi connectivity index (χ4v) is 3.12. The predicted octanol–water partition coefficient (Wildman–Crippen LogP) is 3.90. The van der Waals surface area contributed by atoms with Crippen LogP contribution in [0.5, 0.6) is 0 Å². The van der Waals surface area contributed by atoms with Crippen LogP contribution in [0.3, 0.4) is 0 Å². The van der Waals surface area contributed by atoms with Gasteiger partial charge in [-0.2, -0.15) is 4.98 Å². The van der Waals surface area contributed by atoms with Crippen molar-refractivity contribution in [2.24, 2.45) is 0 Å². The van der Waals surface area contributed by atoms with Gasteiger partial charge in [-0.25, -0.2) is 0 Å². The number of likely N-dealkylation sites (tertiary alicyclic amines) is 1. The van der Waals surface area contributed by atoms with Crippen molar-refractivity contribution in [3.63, 3.8) is 0 Å². The molecule has 23 heavy (non-hydrogen) atoms. The van der Waals surface area contributed by atoms with Crippen LogP contribution in [-0.4, -0.2) is 27.5 Å². The number of carbonyl (C=O) groups excluding carboxylic acids is 1. The Balaban J connectivity index is 1.84. The highest BCUT2D eigenvalue weighted by atomic mass is 16.5. The van der Waals surface area contributed by atoms with E-state index in [1.54, 1.807) is 0 Å². The van der Waals surface area contributed by atoms with Crippen LogP contribution >= 0.6 is 0 Å². The van der Waals surface area contributed by atoms with E-state index in [0.29, 0.717) is 18.1 Å². The summed E-state index contributed by atoms with van der Waals surface area (Å²) in [5.41, 5.74) is 2.11. The zero-order valence-electron chi connectivity index (χ0n) is 13.8. The van der Waals surface area contributed by atoms with Gasteiger partial charge in [0.1, 0.15) is 6.04 Å². The van der Waals surface area contributed by atoms with E-state index in [2.05, 4.69) is 10.1 Å². The van der Waals surface area contributed by atoms with Crippen molar-refractivity contribution >= 4 is 5.91 Å². The van der Waals surface area contributed by atoms with Crippen molar-refractivity contribution in [3.05, 3.63) is 35.7 Å². The van der Waals surface area contributed by atoms with Crippen LogP contribution in [0.15, 0.2) is 28.8 Å². The number of hydrogen-bond donors (Lipinski definition) is 0. The molecule has 1 aromatic heterocycles. The van der Waals surface area contributed by atoms with Crippen molar-refractivity contribution in [3.8, 4) is 11.4 Å². The van der Waals surface area contributed by atoms with Crippen LogP contribution in [0.4, 0.5) is 0 Å². The molecule has 1 atom stereocenters. The van der Waals surface area contributed by atoms with Gasteiger partial charge in [0.2, 0.25) is 17.6 Å². The zero-order valence-corrected chi connectivity index (χ0v) is 13.8. The lowest BCUT2D eigenvalue weighted by atomic mass is 10.0. The summed E-state index contributed by atoms with van der Waals surface area (Å²) in [6.45, 7) is 4.85. The largest absolute Gasteiger partial charge is 0.337 e. The Labute approximate surface area is 136 Å². The molecule has 1 unspecified atom stereocenters. The van der Waals surface area contributed by atoms with Gasteiger partial charge in [-0.1, -0.05) is 35.8 Å². The van der Waals surface area contributed by atoms with Gasteiger partial charge in [-0.3, -0.25) is 4.79 Å². The van der Waals surface area contributed by atoms with E-state index in [4.69, 9.17) is 4.52 Å². The number of rotatable bonds is 4. The fourth-order valence-electron chi connectivity index (χ4n) is 3.12. The molecule has 1 aliphatic rings. The Kier molecular flexibility index (Phi) is 4.74. The van der Waals surface area contributed by atoms with Gasteiger partial charge in [0.05, 0.1) is 0 Å². The summed E-state index contributed by atoms with van der Waals surface area (Å²) in [6.07, 6.45) is 4.47. The van der Waals surface area contributed by atoms with Crippen LogP contribution in [0.2, 0.25) is 0 Å². The molecule has 0 saturated carbocycles. The Morgan fingerprint density at radius 2 is 2.26 bits per heavy atom. The van der Waals surface area contributed by atoms with Crippen molar-refractivity contribution in [1.82, 2.24) is 15.0 Å². The third-order valence-corrected chi connectivity index (χ3v) is 4.29. The Hall–Kier alpha value is -2.17. The smallest absolute Gasteiger partial charge is 0.249 e. The molecule has 1 aromatic carbocycles. The van der Waals surface area contributed by atoms with Crippen LogP contribution in [0, 0.1) is 6.92 Å². The molecule has 2 aromatic rings. The molecule has 0 N–H and O–H groups in total. The first-order valence-corrected chi connectivity index (χ1v) is 8.39. The molecule has 1 fully saturated rings. The van der Waals surface area contributed by atoms with E-state index in [1.807, 2.05) is 43.0 Å². The van der Waals surface area contributed by atoms with Gasteiger partial charge in [0.25, 0.3) is 0 Å². The summed E-state index contributed by atoms with van der Waals surface area (Å²) in [7, 11) is 0. The normalized spacial score (nSPS) is 18.2. The van der Waals surface area contributed by atoms with Crippen LogP contribution in [0.1, 0.15) is 56.5 Å². The molecule has 5 nitrogen and oxygen atoms in total. The summed E-state index contributed by atoms with van der Waals surface area (Å²) in [5.74, 6) is 1.34. The van der Waals surface area contributed by atoms with Crippen LogP contribution in [-0.2, 0) is 4.79 Å². The molecule has 0 bridgehead atoms. The Bertz CT molecular complexity index is 680. The number of piperidine rings is 1. The fraction of sp³-hybridized carbons (Fsp3) is 0.500. The first kappa shape index (κ1) is 15.7. The lowest BCUT2D eigenvalue weighted by Gasteiger charge is -2.33. The number of aryl methyl sites for hydroxylation is 1. The van der Waals surface area contributed by atoms with E-state index in [0.717, 1.165) is 43.4 Å². The molecule has 0 aliphatic carbocycles. The third kappa shape index (κ3) is 3.44. The minimum absolute atomic E-state index is 0.0751. The van der Waals surface area contributed by atoms with E-state index >= 15 is 0 Å². The molecular weight excluding hydrogens is 290 g/mol. The number of hydrogen-bond acceptors (Lipinski definition) is 4.